The Morgan fingerprint density at radius 1 is 0.432 bits per heavy atom. The second-order valence-corrected chi connectivity index (χ2v) is 32.3. The molecule has 45 heteroatoms. The molecule has 30 nitrogen and oxygen atoms in total. The molecule has 0 aliphatic carbocycles. The number of phosphoric ester groups is 2. The van der Waals surface area contributed by atoms with Crippen molar-refractivity contribution in [1.29, 1.82) is 0 Å². The summed E-state index contributed by atoms with van der Waals surface area (Å²) < 4.78 is 121. The number of anilines is 3. The Morgan fingerprint density at radius 3 is 0.976 bits per heavy atom. The van der Waals surface area contributed by atoms with Gasteiger partial charge in [0.2, 0.25) is 0 Å². The van der Waals surface area contributed by atoms with Gasteiger partial charge in [0.1, 0.15) is 54.7 Å². The molecule has 0 unspecified atom stereocenters. The molecule has 3 heterocycles. The maximum Gasteiger partial charge on any atom is 1.00 e. The maximum absolute atomic E-state index is 14.0. The van der Waals surface area contributed by atoms with Crippen LogP contribution in [0, 0.1) is 17.5 Å². The summed E-state index contributed by atoms with van der Waals surface area (Å²) in [6, 6.07) is 39.4. The molecule has 7 N–H and O–H groups in total. The molecule has 125 heavy (non-hydrogen) atoms. The van der Waals surface area contributed by atoms with Gasteiger partial charge in [-0.25, -0.2) is 51.6 Å². The van der Waals surface area contributed by atoms with Crippen LogP contribution in [0.3, 0.4) is 0 Å². The summed E-state index contributed by atoms with van der Waals surface area (Å²) in [7, 11) is -4.03. The average Bonchev–Trinajstić information content (AvgIpc) is 1.01. The third-order valence-electron chi connectivity index (χ3n) is 16.9. The average molecular weight is 1970 g/mol. The van der Waals surface area contributed by atoms with E-state index >= 15 is 0 Å². The zero-order valence-electron chi connectivity index (χ0n) is 68.3. The van der Waals surface area contributed by atoms with Crippen molar-refractivity contribution in [3.8, 4) is 0 Å². The number of rotatable bonds is 39. The molecular formula is C80H111Cl4F3N9Na2O21P3S3. The summed E-state index contributed by atoms with van der Waals surface area (Å²) >= 11 is 23.5. The number of aliphatic hydroxyl groups is 4. The Labute approximate surface area is 813 Å². The molecule has 0 bridgehead atoms. The molecular weight excluding hydrogens is 1860 g/mol. The second kappa shape index (κ2) is 64.3. The van der Waals surface area contributed by atoms with Crippen molar-refractivity contribution in [3.05, 3.63) is 213 Å². The normalized spacial score (nSPS) is 12.4. The first kappa shape index (κ1) is 125. The molecule has 686 valence electrons. The van der Waals surface area contributed by atoms with E-state index in [1.165, 1.54) is 24.3 Å². The van der Waals surface area contributed by atoms with Crippen molar-refractivity contribution in [2.75, 3.05) is 103 Å². The maximum atomic E-state index is 14.0. The number of fused-ring (bicyclic) bond motifs is 3. The largest absolute Gasteiger partial charge is 1.00 e. The van der Waals surface area contributed by atoms with Crippen molar-refractivity contribution >= 4 is 177 Å². The molecule has 9 rings (SSSR count). The fourth-order valence-electron chi connectivity index (χ4n) is 11.0. The SMILES string of the molecule is C.C.C.CCOP(=O)(Cl)OCC.CCOP(=O)(OCC)OC[C@H](O)C[C@@H](COC(=O)Nc1cc2ccccc2cn1)N(C)Cc1cccc(F)c1Cl.CN(Cc1cccc(F)c1Cl)[C@H](COC(=O)Nc1cc2ccccc2cn1)C[C@@H](O)CO.CN(Cc1cccc(F)c1Cl)[C@H](COC(=O)Nc1cc2ccccc2cn1)C[C@@H](O)COP(=O)([O-])[O-].S.S.S.[Na+].[Na+]. The van der Waals surface area contributed by atoms with Gasteiger partial charge in [0.25, 0.3) is 0 Å². The summed E-state index contributed by atoms with van der Waals surface area (Å²) in [5.41, 5.74) is 1.52. The van der Waals surface area contributed by atoms with E-state index in [-0.39, 0.29) is 221 Å². The third-order valence-corrected chi connectivity index (χ3v) is 21.9. The topological polar surface area (TPSA) is 397 Å². The number of ether oxygens (including phenoxy) is 3. The van der Waals surface area contributed by atoms with E-state index in [1.54, 1.807) is 131 Å². The number of carbonyl (C=O) groups excluding carboxylic acids is 3. The van der Waals surface area contributed by atoms with Crippen LogP contribution < -0.4 is 84.9 Å². The Kier molecular flexibility index (Phi) is 64.1. The van der Waals surface area contributed by atoms with Crippen molar-refractivity contribution in [2.24, 2.45) is 0 Å². The van der Waals surface area contributed by atoms with Gasteiger partial charge in [0, 0.05) is 83.7 Å². The zero-order chi connectivity index (χ0) is 85.8. The number of benzene rings is 6. The number of carbonyl (C=O) groups is 3. The fraction of sp³-hybridized carbons (Fsp3) is 0.400. The van der Waals surface area contributed by atoms with Gasteiger partial charge in [0.05, 0.1) is 87.5 Å². The van der Waals surface area contributed by atoms with Gasteiger partial charge >= 0.3 is 92.2 Å². The van der Waals surface area contributed by atoms with Gasteiger partial charge in [-0.05, 0) is 137 Å². The van der Waals surface area contributed by atoms with Crippen LogP contribution in [0.5, 0.6) is 0 Å². The molecule has 0 saturated heterocycles. The van der Waals surface area contributed by atoms with E-state index in [1.807, 2.05) is 72.8 Å². The summed E-state index contributed by atoms with van der Waals surface area (Å²) in [5, 5.41) is 53.1. The minimum absolute atomic E-state index is 0. The molecule has 6 atom stereocenters. The first-order valence-corrected chi connectivity index (χ1v) is 42.8. The van der Waals surface area contributed by atoms with Crippen LogP contribution in [0.4, 0.5) is 45.0 Å². The third kappa shape index (κ3) is 45.4. The molecule has 0 aliphatic heterocycles. The summed E-state index contributed by atoms with van der Waals surface area (Å²) in [5.74, 6) is -0.753. The van der Waals surface area contributed by atoms with Gasteiger partial charge < -0.3 is 53.5 Å². The zero-order valence-corrected chi connectivity index (χ0v) is 81.0. The van der Waals surface area contributed by atoms with Gasteiger partial charge in [-0.3, -0.25) is 53.3 Å². The predicted molar refractivity (Wildman–Crippen MR) is 488 cm³/mol. The van der Waals surface area contributed by atoms with E-state index in [0.717, 1.165) is 32.3 Å². The Morgan fingerprint density at radius 2 is 0.704 bits per heavy atom. The Balaban J connectivity index is -0.00000165. The van der Waals surface area contributed by atoms with E-state index in [9.17, 15) is 71.5 Å². The van der Waals surface area contributed by atoms with Crippen molar-refractivity contribution in [3.63, 3.8) is 0 Å². The first-order valence-electron chi connectivity index (χ1n) is 36.3. The van der Waals surface area contributed by atoms with Crippen LogP contribution in [0.15, 0.2) is 164 Å². The van der Waals surface area contributed by atoms with Crippen LogP contribution in [-0.2, 0) is 74.7 Å². The fourth-order valence-corrected chi connectivity index (χ4v) is 14.4. The quantitative estimate of drug-likeness (QED) is 0.0107. The van der Waals surface area contributed by atoms with Gasteiger partial charge in [0.15, 0.2) is 0 Å². The molecule has 6 aromatic carbocycles. The minimum Gasteiger partial charge on any atom is -0.790 e. The summed E-state index contributed by atoms with van der Waals surface area (Å²) in [6.07, 6.45) is -0.800. The van der Waals surface area contributed by atoms with Crippen molar-refractivity contribution in [1.82, 2.24) is 29.7 Å². The Hall–Kier alpha value is -4.55. The molecule has 0 saturated carbocycles. The number of nitrogens with zero attached hydrogens (tertiary/aromatic N) is 6. The van der Waals surface area contributed by atoms with Crippen LogP contribution in [-0.4, -0.2) is 192 Å². The number of phosphoric acid groups is 2. The summed E-state index contributed by atoms with van der Waals surface area (Å²) in [6.45, 7) is 2.85. The van der Waals surface area contributed by atoms with Gasteiger partial charge in [-0.15, -0.1) is 0 Å². The standard InChI is InChI=1S/C27H34ClFN3O7P.C23H26ClFN3O7P.C23H25ClFN3O4.C4H10ClO3P.3CH4.2Na.3H2S/c1-4-37-40(35,38-5-2)39-18-23(33)14-22(32(3)16-21-11-8-12-24(29)26(21)28)17-36-27(34)31-25-13-19-9-6-7-10-20(19)15-30-25;1-28(12-17-7-4-8-20(25)22(17)24)18(10-19(29)14-35-36(31,32)33)13-34-23(30)27-21-9-15-5-2-3-6-16(15)11-26-21;1-28(12-17-7-4-8-20(25)22(17)24)18(10-19(30)13-29)14-32-23(31)27-21-9-15-5-2-3-6-16(15)11-26-21;1-3-7-9(5,6)8-4-2;;;;;;;;/h6-13,15,22-23,33H,4-5,14,16-18H2,1-3H3,(H,30,31,34);2-9,11,18-19,29H,10,12-14H2,1H3,(H,26,27,30)(H2,31,32,33);2-9,11,18-19,29-30H,10,12-14H2,1H3,(H,26,27,31);3-4H2,1-2H3;3*1H4;;;3*1H2/q;;;;;;;2*+1;;;/p-2/t22-,23+;2*18-,19+;;;;;;;;;/m000........./s1. The minimum atomic E-state index is -5.28. The van der Waals surface area contributed by atoms with Gasteiger partial charge in [-0.2, -0.15) is 40.5 Å². The molecule has 3 aromatic heterocycles. The number of amides is 3. The summed E-state index contributed by atoms with van der Waals surface area (Å²) in [4.78, 5) is 76.6. The van der Waals surface area contributed by atoms with E-state index < -0.39 is 108 Å². The monoisotopic (exact) mass is 1970 g/mol. The first-order chi connectivity index (χ1) is 55.6. The number of pyridine rings is 3. The van der Waals surface area contributed by atoms with E-state index in [2.05, 4.69) is 44.5 Å². The number of hydrogen-bond acceptors (Lipinski definition) is 27. The molecule has 0 spiro atoms. The predicted octanol–water partition coefficient (Wildman–Crippen LogP) is 11.2. The molecule has 9 aromatic rings. The van der Waals surface area contributed by atoms with Crippen molar-refractivity contribution in [2.45, 2.75) is 125 Å². The van der Waals surface area contributed by atoms with Crippen LogP contribution in [0.1, 0.15) is 85.9 Å². The smallest absolute Gasteiger partial charge is 0.790 e. The molecule has 0 radical (unpaired) electrons. The van der Waals surface area contributed by atoms with Crippen LogP contribution in [0.25, 0.3) is 32.3 Å². The molecule has 3 amide bonds. The molecule has 0 aliphatic rings. The number of halogens is 7. The van der Waals surface area contributed by atoms with E-state index in [0.29, 0.717) is 41.5 Å². The van der Waals surface area contributed by atoms with Gasteiger partial charge in [-0.1, -0.05) is 166 Å². The number of likely N-dealkylation sites (N-methyl/N-ethyl adjacent to an activating group) is 3. The number of aliphatic hydroxyl groups excluding tert-OH is 4. The van der Waals surface area contributed by atoms with Crippen LogP contribution in [0.2, 0.25) is 15.1 Å². The number of nitrogens with one attached hydrogen (secondary N) is 3. The van der Waals surface area contributed by atoms with Crippen LogP contribution >= 0.6 is 109 Å². The Bertz CT molecular complexity index is 4820. The second-order valence-electron chi connectivity index (χ2n) is 25.7. The number of aromatic nitrogens is 3. The van der Waals surface area contributed by atoms with Crippen molar-refractivity contribution < 1.29 is 172 Å². The number of hydrogen-bond donors (Lipinski definition) is 7. The molecule has 0 fully saturated rings. The van der Waals surface area contributed by atoms with E-state index in [4.69, 9.17) is 73.8 Å².